The maximum Gasteiger partial charge on any atom is 0.161 e. The lowest BCUT2D eigenvalue weighted by molar-refractivity contribution is 0.709. The van der Waals surface area contributed by atoms with E-state index in [1.807, 2.05) is 30.3 Å². The minimum Gasteiger partial charge on any atom is -0.233 e. The lowest BCUT2D eigenvalue weighted by atomic mass is 10.1. The molecule has 0 saturated heterocycles. The Hall–Kier alpha value is -1.41. The highest BCUT2D eigenvalue weighted by molar-refractivity contribution is 6.30. The molecule has 0 saturated carbocycles. The molecule has 0 N–H and O–H groups in total. The molecule has 0 spiro atoms. The van der Waals surface area contributed by atoms with Gasteiger partial charge in [-0.3, -0.25) is 0 Å². The molecule has 0 aliphatic heterocycles. The van der Waals surface area contributed by atoms with Gasteiger partial charge in [0.25, 0.3) is 0 Å². The van der Waals surface area contributed by atoms with Gasteiger partial charge in [0.2, 0.25) is 0 Å². The summed E-state index contributed by atoms with van der Waals surface area (Å²) in [4.78, 5) is 9.16. The van der Waals surface area contributed by atoms with Crippen LogP contribution in [0.4, 0.5) is 0 Å². The second-order valence-electron chi connectivity index (χ2n) is 4.69. The maximum absolute atomic E-state index is 6.32. The zero-order valence-corrected chi connectivity index (χ0v) is 11.0. The van der Waals surface area contributed by atoms with Crippen LogP contribution in [0.2, 0.25) is 5.15 Å². The van der Waals surface area contributed by atoms with Crippen molar-refractivity contribution in [2.45, 2.75) is 32.1 Å². The lowest BCUT2D eigenvalue weighted by Crippen LogP contribution is -2.02. The molecule has 3 rings (SSSR count). The normalized spacial score (nSPS) is 14.9. The molecule has 0 unspecified atom stereocenters. The minimum absolute atomic E-state index is 0.640. The second-order valence-corrected chi connectivity index (χ2v) is 5.05. The van der Waals surface area contributed by atoms with Gasteiger partial charge in [0.15, 0.2) is 5.82 Å². The van der Waals surface area contributed by atoms with Crippen molar-refractivity contribution in [2.75, 3.05) is 0 Å². The monoisotopic (exact) mass is 258 g/mol. The van der Waals surface area contributed by atoms with Gasteiger partial charge < -0.3 is 0 Å². The fourth-order valence-electron chi connectivity index (χ4n) is 2.44. The van der Waals surface area contributed by atoms with E-state index < -0.39 is 0 Å². The molecule has 0 fully saturated rings. The second kappa shape index (κ2) is 5.07. The zero-order chi connectivity index (χ0) is 12.4. The molecule has 1 aromatic heterocycles. The Bertz CT molecular complexity index is 552. The standard InChI is InChI=1S/C15H15ClN2/c16-14-12-9-5-2-6-10-13(12)17-15(18-14)11-7-3-1-4-8-11/h1,3-4,7-8H,2,5-6,9-10H2. The average Bonchev–Trinajstić information content (AvgIpc) is 2.65. The molecular weight excluding hydrogens is 244 g/mol. The van der Waals surface area contributed by atoms with E-state index in [0.717, 1.165) is 35.5 Å². The third kappa shape index (κ3) is 2.25. The Balaban J connectivity index is 2.08. The van der Waals surface area contributed by atoms with Crippen LogP contribution in [-0.2, 0) is 12.8 Å². The van der Waals surface area contributed by atoms with Crippen LogP contribution in [0.3, 0.4) is 0 Å². The van der Waals surface area contributed by atoms with E-state index >= 15 is 0 Å². The number of aryl methyl sites for hydroxylation is 1. The number of hydrogen-bond acceptors (Lipinski definition) is 2. The van der Waals surface area contributed by atoms with E-state index in [1.165, 1.54) is 19.3 Å². The minimum atomic E-state index is 0.640. The fourth-order valence-corrected chi connectivity index (χ4v) is 2.73. The summed E-state index contributed by atoms with van der Waals surface area (Å²) in [6.45, 7) is 0. The molecule has 18 heavy (non-hydrogen) atoms. The number of aromatic nitrogens is 2. The molecule has 3 heteroatoms. The van der Waals surface area contributed by atoms with E-state index in [-0.39, 0.29) is 0 Å². The van der Waals surface area contributed by atoms with E-state index in [4.69, 9.17) is 16.6 Å². The Morgan fingerprint density at radius 2 is 1.67 bits per heavy atom. The van der Waals surface area contributed by atoms with Gasteiger partial charge in [0.05, 0.1) is 0 Å². The first-order valence-corrected chi connectivity index (χ1v) is 6.83. The first-order chi connectivity index (χ1) is 8.84. The van der Waals surface area contributed by atoms with Gasteiger partial charge in [-0.1, -0.05) is 48.4 Å². The van der Waals surface area contributed by atoms with Gasteiger partial charge in [-0.05, 0) is 25.7 Å². The van der Waals surface area contributed by atoms with Crippen LogP contribution < -0.4 is 0 Å². The van der Waals surface area contributed by atoms with Crippen LogP contribution in [0, 0.1) is 0 Å². The van der Waals surface area contributed by atoms with Crippen LogP contribution in [-0.4, -0.2) is 9.97 Å². The first kappa shape index (κ1) is 11.7. The third-order valence-electron chi connectivity index (χ3n) is 3.41. The highest BCUT2D eigenvalue weighted by Gasteiger charge is 2.16. The predicted octanol–water partition coefficient (Wildman–Crippen LogP) is 4.07. The summed E-state index contributed by atoms with van der Waals surface area (Å²) in [6.07, 6.45) is 5.70. The van der Waals surface area contributed by atoms with E-state index in [9.17, 15) is 0 Å². The van der Waals surface area contributed by atoms with Gasteiger partial charge in [-0.25, -0.2) is 9.97 Å². The quantitative estimate of drug-likeness (QED) is 0.569. The molecule has 92 valence electrons. The number of benzene rings is 1. The van der Waals surface area contributed by atoms with Crippen molar-refractivity contribution < 1.29 is 0 Å². The maximum atomic E-state index is 6.32. The summed E-state index contributed by atoms with van der Waals surface area (Å²) in [5.74, 6) is 0.751. The Morgan fingerprint density at radius 3 is 2.50 bits per heavy atom. The molecule has 0 bridgehead atoms. The van der Waals surface area contributed by atoms with E-state index in [2.05, 4.69) is 4.98 Å². The van der Waals surface area contributed by atoms with Crippen molar-refractivity contribution in [3.8, 4) is 11.4 Å². The van der Waals surface area contributed by atoms with Crippen molar-refractivity contribution in [2.24, 2.45) is 0 Å². The Labute approximate surface area is 112 Å². The summed E-state index contributed by atoms with van der Waals surface area (Å²) >= 11 is 6.32. The number of halogens is 1. The molecule has 2 aromatic rings. The third-order valence-corrected chi connectivity index (χ3v) is 3.73. The lowest BCUT2D eigenvalue weighted by Gasteiger charge is -2.09. The first-order valence-electron chi connectivity index (χ1n) is 6.45. The van der Waals surface area contributed by atoms with Gasteiger partial charge in [0.1, 0.15) is 5.15 Å². The van der Waals surface area contributed by atoms with Gasteiger partial charge in [-0.2, -0.15) is 0 Å². The molecule has 1 heterocycles. The zero-order valence-electron chi connectivity index (χ0n) is 10.2. The van der Waals surface area contributed by atoms with Crippen molar-refractivity contribution in [1.29, 1.82) is 0 Å². The largest absolute Gasteiger partial charge is 0.233 e. The molecule has 1 aliphatic rings. The highest BCUT2D eigenvalue weighted by Crippen LogP contribution is 2.27. The van der Waals surface area contributed by atoms with E-state index in [1.54, 1.807) is 0 Å². The van der Waals surface area contributed by atoms with Crippen molar-refractivity contribution in [3.63, 3.8) is 0 Å². The van der Waals surface area contributed by atoms with Crippen molar-refractivity contribution in [1.82, 2.24) is 9.97 Å². The Kier molecular flexibility index (Phi) is 3.28. The number of rotatable bonds is 1. The topological polar surface area (TPSA) is 25.8 Å². The number of hydrogen-bond donors (Lipinski definition) is 0. The number of fused-ring (bicyclic) bond motifs is 1. The Morgan fingerprint density at radius 1 is 0.889 bits per heavy atom. The fraction of sp³-hybridized carbons (Fsp3) is 0.333. The molecule has 0 atom stereocenters. The highest BCUT2D eigenvalue weighted by atomic mass is 35.5. The smallest absolute Gasteiger partial charge is 0.161 e. The van der Waals surface area contributed by atoms with Crippen LogP contribution in [0.15, 0.2) is 30.3 Å². The molecule has 1 aliphatic carbocycles. The molecule has 0 radical (unpaired) electrons. The average molecular weight is 259 g/mol. The van der Waals surface area contributed by atoms with Crippen molar-refractivity contribution in [3.05, 3.63) is 46.7 Å². The van der Waals surface area contributed by atoms with Crippen LogP contribution in [0.25, 0.3) is 11.4 Å². The van der Waals surface area contributed by atoms with Gasteiger partial charge >= 0.3 is 0 Å². The summed E-state index contributed by atoms with van der Waals surface area (Å²) in [5.41, 5.74) is 3.34. The molecule has 0 amide bonds. The predicted molar refractivity (Wildman–Crippen MR) is 73.7 cm³/mol. The molecule has 1 aromatic carbocycles. The van der Waals surface area contributed by atoms with E-state index in [0.29, 0.717) is 5.15 Å². The van der Waals surface area contributed by atoms with Crippen LogP contribution >= 0.6 is 11.6 Å². The summed E-state index contributed by atoms with van der Waals surface area (Å²) in [6, 6.07) is 10.0. The summed E-state index contributed by atoms with van der Waals surface area (Å²) in [5, 5.41) is 0.640. The summed E-state index contributed by atoms with van der Waals surface area (Å²) < 4.78 is 0. The van der Waals surface area contributed by atoms with Crippen molar-refractivity contribution >= 4 is 11.6 Å². The number of nitrogens with zero attached hydrogens (tertiary/aromatic N) is 2. The SMILES string of the molecule is Clc1nc(-c2ccccc2)nc2c1CCCCC2. The van der Waals surface area contributed by atoms with Crippen LogP contribution in [0.1, 0.15) is 30.5 Å². The summed E-state index contributed by atoms with van der Waals surface area (Å²) in [7, 11) is 0. The van der Waals surface area contributed by atoms with Gasteiger partial charge in [0, 0.05) is 16.8 Å². The molecule has 2 nitrogen and oxygen atoms in total. The van der Waals surface area contributed by atoms with Gasteiger partial charge in [-0.15, -0.1) is 0 Å². The molecular formula is C15H15ClN2. The van der Waals surface area contributed by atoms with Crippen LogP contribution in [0.5, 0.6) is 0 Å².